The van der Waals surface area contributed by atoms with E-state index in [4.69, 9.17) is 14.4 Å². The van der Waals surface area contributed by atoms with Crippen LogP contribution in [0, 0.1) is 6.92 Å². The molecule has 168 valence electrons. The fraction of sp³-hybridized carbons (Fsp3) is 0.261. The minimum absolute atomic E-state index is 0.0498. The summed E-state index contributed by atoms with van der Waals surface area (Å²) in [6.45, 7) is 8.46. The third kappa shape index (κ3) is 5.16. The van der Waals surface area contributed by atoms with Crippen LogP contribution in [0.25, 0.3) is 33.7 Å². The molecule has 2 heterocycles. The van der Waals surface area contributed by atoms with Crippen LogP contribution in [0.1, 0.15) is 32.0 Å². The van der Waals surface area contributed by atoms with Crippen molar-refractivity contribution in [2.75, 3.05) is 0 Å². The first-order valence-electron chi connectivity index (χ1n) is 9.69. The lowest BCUT2D eigenvalue weighted by Gasteiger charge is -2.12. The number of aromatic amines is 1. The van der Waals surface area contributed by atoms with Crippen molar-refractivity contribution in [2.45, 2.75) is 39.3 Å². The van der Waals surface area contributed by atoms with E-state index >= 15 is 0 Å². The van der Waals surface area contributed by atoms with Crippen molar-refractivity contribution in [3.05, 3.63) is 59.8 Å². The van der Waals surface area contributed by atoms with Crippen LogP contribution in [-0.4, -0.2) is 32.4 Å². The second-order valence-corrected chi connectivity index (χ2v) is 8.26. The van der Waals surface area contributed by atoms with Gasteiger partial charge in [-0.1, -0.05) is 56.3 Å². The first-order chi connectivity index (χ1) is 14.9. The largest absolute Gasteiger partial charge is 0.490 e. The summed E-state index contributed by atoms with van der Waals surface area (Å²) in [6.07, 6.45) is -5.08. The van der Waals surface area contributed by atoms with Crippen molar-refractivity contribution in [1.82, 2.24) is 15.1 Å². The number of nitrogens with one attached hydrogen (secondary N) is 1. The fourth-order valence-electron chi connectivity index (χ4n) is 2.93. The molecule has 0 aliphatic heterocycles. The summed E-state index contributed by atoms with van der Waals surface area (Å²) in [5.41, 5.74) is 6.44. The van der Waals surface area contributed by atoms with Crippen LogP contribution in [0.15, 0.2) is 53.1 Å². The maximum atomic E-state index is 10.6. The molecule has 0 fully saturated rings. The van der Waals surface area contributed by atoms with Crippen LogP contribution in [0.3, 0.4) is 0 Å². The Labute approximate surface area is 182 Å². The number of hydrogen-bond donors (Lipinski definition) is 2. The Balaban J connectivity index is 0.000000360. The smallest absolute Gasteiger partial charge is 0.475 e. The van der Waals surface area contributed by atoms with E-state index in [9.17, 15) is 13.2 Å². The van der Waals surface area contributed by atoms with Gasteiger partial charge in [-0.2, -0.15) is 13.2 Å². The summed E-state index contributed by atoms with van der Waals surface area (Å²) >= 11 is 0. The second kappa shape index (κ2) is 8.49. The van der Waals surface area contributed by atoms with Gasteiger partial charge in [-0.3, -0.25) is 0 Å². The molecule has 9 heteroatoms. The van der Waals surface area contributed by atoms with Crippen LogP contribution in [0.4, 0.5) is 13.2 Å². The fourth-order valence-corrected chi connectivity index (χ4v) is 2.93. The number of carboxylic acids is 1. The molecule has 0 amide bonds. The molecule has 4 aromatic rings. The number of imidazole rings is 1. The van der Waals surface area contributed by atoms with Gasteiger partial charge >= 0.3 is 12.1 Å². The normalized spacial score (nSPS) is 11.8. The van der Waals surface area contributed by atoms with Crippen molar-refractivity contribution in [3.8, 4) is 22.7 Å². The van der Waals surface area contributed by atoms with Gasteiger partial charge in [-0.15, -0.1) is 0 Å². The number of H-pyrrole nitrogens is 1. The van der Waals surface area contributed by atoms with E-state index in [0.717, 1.165) is 16.7 Å². The lowest BCUT2D eigenvalue weighted by Crippen LogP contribution is -2.21. The van der Waals surface area contributed by atoms with Gasteiger partial charge in [0.25, 0.3) is 0 Å². The van der Waals surface area contributed by atoms with E-state index < -0.39 is 12.1 Å². The molecule has 0 saturated carbocycles. The number of aromatic nitrogens is 3. The van der Waals surface area contributed by atoms with Crippen LogP contribution in [-0.2, 0) is 10.2 Å². The number of benzene rings is 2. The summed E-state index contributed by atoms with van der Waals surface area (Å²) in [5, 5.41) is 11.3. The number of carbonyl (C=O) groups is 1. The van der Waals surface area contributed by atoms with Gasteiger partial charge in [0.1, 0.15) is 0 Å². The lowest BCUT2D eigenvalue weighted by atomic mass is 9.92. The average Bonchev–Trinajstić information content (AvgIpc) is 3.34. The summed E-state index contributed by atoms with van der Waals surface area (Å²) in [4.78, 5) is 16.9. The molecule has 0 aliphatic carbocycles. The standard InChI is InChI=1S/C21H21N3O.C2HF3O2/c1-13-7-5-6-8-15(13)14-9-10-16-17(11-14)23-20(22-16)18-12-19(24-25-18)21(2,3)4;3-2(4,5)1(6)7/h5-12H,1-4H3,(H,22,23);(H,6,7). The molecule has 4 rings (SSSR count). The van der Waals surface area contributed by atoms with Crippen LogP contribution in [0.2, 0.25) is 0 Å². The predicted octanol–water partition coefficient (Wildman–Crippen LogP) is 6.12. The highest BCUT2D eigenvalue weighted by Gasteiger charge is 2.38. The van der Waals surface area contributed by atoms with Gasteiger partial charge in [0.15, 0.2) is 5.82 Å². The van der Waals surface area contributed by atoms with Gasteiger partial charge in [0.2, 0.25) is 5.76 Å². The van der Waals surface area contributed by atoms with Crippen LogP contribution in [0.5, 0.6) is 0 Å². The Bertz CT molecular complexity index is 1250. The van der Waals surface area contributed by atoms with Crippen molar-refractivity contribution in [1.29, 1.82) is 0 Å². The second-order valence-electron chi connectivity index (χ2n) is 8.26. The Morgan fingerprint density at radius 1 is 1.06 bits per heavy atom. The third-order valence-corrected chi connectivity index (χ3v) is 4.69. The Hall–Kier alpha value is -3.62. The number of aliphatic carboxylic acids is 1. The first-order valence-corrected chi connectivity index (χ1v) is 9.69. The van der Waals surface area contributed by atoms with Crippen molar-refractivity contribution < 1.29 is 27.6 Å². The van der Waals surface area contributed by atoms with Gasteiger partial charge in [0.05, 0.1) is 16.7 Å². The first kappa shape index (κ1) is 23.1. The van der Waals surface area contributed by atoms with Crippen LogP contribution < -0.4 is 0 Å². The molecule has 0 aliphatic rings. The third-order valence-electron chi connectivity index (χ3n) is 4.69. The minimum atomic E-state index is -5.08. The lowest BCUT2D eigenvalue weighted by molar-refractivity contribution is -0.192. The number of alkyl halides is 3. The molecule has 2 N–H and O–H groups in total. The van der Waals surface area contributed by atoms with Gasteiger partial charge < -0.3 is 14.6 Å². The Morgan fingerprint density at radius 2 is 1.72 bits per heavy atom. The monoisotopic (exact) mass is 445 g/mol. The number of nitrogens with zero attached hydrogens (tertiary/aromatic N) is 2. The van der Waals surface area contributed by atoms with Crippen LogP contribution >= 0.6 is 0 Å². The molecule has 0 unspecified atom stereocenters. The quantitative estimate of drug-likeness (QED) is 0.388. The van der Waals surface area contributed by atoms with E-state index in [1.807, 2.05) is 12.1 Å². The number of halogens is 3. The highest BCUT2D eigenvalue weighted by atomic mass is 19.4. The van der Waals surface area contributed by atoms with Crippen molar-refractivity contribution in [3.63, 3.8) is 0 Å². The predicted molar refractivity (Wildman–Crippen MR) is 114 cm³/mol. The van der Waals surface area contributed by atoms with E-state index in [-0.39, 0.29) is 5.41 Å². The maximum Gasteiger partial charge on any atom is 0.490 e. The Kier molecular flexibility index (Phi) is 6.11. The number of fused-ring (bicyclic) bond motifs is 1. The molecule has 0 saturated heterocycles. The van der Waals surface area contributed by atoms with Gasteiger partial charge in [-0.05, 0) is 35.7 Å². The highest BCUT2D eigenvalue weighted by Crippen LogP contribution is 2.29. The molecule has 0 spiro atoms. The summed E-state index contributed by atoms with van der Waals surface area (Å²) < 4.78 is 37.2. The maximum absolute atomic E-state index is 10.6. The minimum Gasteiger partial charge on any atom is -0.475 e. The molecular weight excluding hydrogens is 423 g/mol. The topological polar surface area (TPSA) is 92.0 Å². The number of rotatable bonds is 2. The SMILES string of the molecule is Cc1ccccc1-c1ccc2nc(-c3cc(C(C)(C)C)no3)[nH]c2c1.O=C(O)C(F)(F)F. The number of aryl methyl sites for hydroxylation is 1. The summed E-state index contributed by atoms with van der Waals surface area (Å²) in [6, 6.07) is 16.6. The van der Waals surface area contributed by atoms with Crippen molar-refractivity contribution in [2.24, 2.45) is 0 Å². The molecule has 0 atom stereocenters. The summed E-state index contributed by atoms with van der Waals surface area (Å²) in [7, 11) is 0. The van der Waals surface area contributed by atoms with Gasteiger partial charge in [0, 0.05) is 11.5 Å². The van der Waals surface area contributed by atoms with E-state index in [0.29, 0.717) is 11.6 Å². The van der Waals surface area contributed by atoms with Gasteiger partial charge in [-0.25, -0.2) is 9.78 Å². The van der Waals surface area contributed by atoms with E-state index in [1.165, 1.54) is 16.7 Å². The number of hydrogen-bond acceptors (Lipinski definition) is 4. The number of carboxylic acid groups (broad SMARTS) is 1. The molecular formula is C23H22F3N3O3. The average molecular weight is 445 g/mol. The molecule has 32 heavy (non-hydrogen) atoms. The van der Waals surface area contributed by atoms with E-state index in [2.05, 4.69) is 79.2 Å². The molecule has 2 aromatic carbocycles. The van der Waals surface area contributed by atoms with E-state index in [1.54, 1.807) is 0 Å². The van der Waals surface area contributed by atoms with Crippen molar-refractivity contribution >= 4 is 17.0 Å². The Morgan fingerprint density at radius 3 is 2.28 bits per heavy atom. The zero-order valence-corrected chi connectivity index (χ0v) is 17.9. The zero-order chi connectivity index (χ0) is 23.7. The molecule has 6 nitrogen and oxygen atoms in total. The zero-order valence-electron chi connectivity index (χ0n) is 17.9. The highest BCUT2D eigenvalue weighted by molar-refractivity contribution is 5.84. The molecule has 0 bridgehead atoms. The molecule has 2 aromatic heterocycles. The molecule has 0 radical (unpaired) electrons. The summed E-state index contributed by atoms with van der Waals surface area (Å²) in [5.74, 6) is -1.38.